The highest BCUT2D eigenvalue weighted by Crippen LogP contribution is 2.27. The first kappa shape index (κ1) is 15.8. The quantitative estimate of drug-likeness (QED) is 0.814. The molecule has 0 heterocycles. The molecule has 0 amide bonds. The molecule has 1 aromatic rings. The Morgan fingerprint density at radius 2 is 1.74 bits per heavy atom. The summed E-state index contributed by atoms with van der Waals surface area (Å²) in [6.45, 7) is 0.0305. The molecule has 0 spiro atoms. The standard InChI is InChI=1S/C12H14F5NO/c1-7(18)10(8-2-4-9(13)5-3-8)19-6-12(16,17)11(14)15/h2-5,7,10-11H,6,18H2,1H3. The van der Waals surface area contributed by atoms with Crippen molar-refractivity contribution in [1.82, 2.24) is 0 Å². The summed E-state index contributed by atoms with van der Waals surface area (Å²) in [7, 11) is 0. The van der Waals surface area contributed by atoms with Gasteiger partial charge in [-0.05, 0) is 24.6 Å². The van der Waals surface area contributed by atoms with Gasteiger partial charge in [0.25, 0.3) is 0 Å². The van der Waals surface area contributed by atoms with Crippen molar-refractivity contribution in [3.63, 3.8) is 0 Å². The van der Waals surface area contributed by atoms with E-state index in [-0.39, 0.29) is 0 Å². The number of benzene rings is 1. The monoisotopic (exact) mass is 283 g/mol. The van der Waals surface area contributed by atoms with E-state index in [0.717, 1.165) is 12.1 Å². The topological polar surface area (TPSA) is 35.2 Å². The van der Waals surface area contributed by atoms with E-state index in [9.17, 15) is 22.0 Å². The van der Waals surface area contributed by atoms with Gasteiger partial charge in [0.15, 0.2) is 0 Å². The van der Waals surface area contributed by atoms with Crippen molar-refractivity contribution in [2.75, 3.05) is 6.61 Å². The van der Waals surface area contributed by atoms with E-state index >= 15 is 0 Å². The zero-order valence-corrected chi connectivity index (χ0v) is 10.1. The first-order chi connectivity index (χ1) is 8.74. The first-order valence-electron chi connectivity index (χ1n) is 5.52. The normalized spacial score (nSPS) is 15.6. The van der Waals surface area contributed by atoms with Crippen LogP contribution in [0.3, 0.4) is 0 Å². The van der Waals surface area contributed by atoms with E-state index < -0.39 is 36.9 Å². The maximum atomic E-state index is 12.8. The Hall–Kier alpha value is -1.21. The van der Waals surface area contributed by atoms with Gasteiger partial charge < -0.3 is 10.5 Å². The summed E-state index contributed by atoms with van der Waals surface area (Å²) in [6, 6.07) is 4.13. The molecule has 0 bridgehead atoms. The van der Waals surface area contributed by atoms with Crippen LogP contribution in [0.1, 0.15) is 18.6 Å². The summed E-state index contributed by atoms with van der Waals surface area (Å²) in [5, 5.41) is 0. The number of ether oxygens (including phenoxy) is 1. The lowest BCUT2D eigenvalue weighted by Crippen LogP contribution is -2.36. The van der Waals surface area contributed by atoms with Crippen LogP contribution in [0.5, 0.6) is 0 Å². The molecular weight excluding hydrogens is 269 g/mol. The summed E-state index contributed by atoms with van der Waals surface area (Å²) in [6.07, 6.45) is -4.82. The van der Waals surface area contributed by atoms with Crippen LogP contribution >= 0.6 is 0 Å². The summed E-state index contributed by atoms with van der Waals surface area (Å²) in [4.78, 5) is 0. The van der Waals surface area contributed by atoms with Gasteiger partial charge in [0.05, 0.1) is 6.10 Å². The van der Waals surface area contributed by atoms with Crippen LogP contribution < -0.4 is 5.73 Å². The average molecular weight is 283 g/mol. The summed E-state index contributed by atoms with van der Waals surface area (Å²) < 4.78 is 67.1. The van der Waals surface area contributed by atoms with Crippen LogP contribution in [-0.2, 0) is 4.74 Å². The van der Waals surface area contributed by atoms with E-state index in [1.54, 1.807) is 0 Å². The predicted octanol–water partition coefficient (Wildman–Crippen LogP) is 3.13. The van der Waals surface area contributed by atoms with Gasteiger partial charge in [0.2, 0.25) is 0 Å². The highest BCUT2D eigenvalue weighted by molar-refractivity contribution is 5.20. The minimum absolute atomic E-state index is 0.349. The second-order valence-electron chi connectivity index (χ2n) is 4.20. The molecule has 0 saturated heterocycles. The molecule has 0 aromatic heterocycles. The van der Waals surface area contributed by atoms with Gasteiger partial charge in [-0.25, -0.2) is 13.2 Å². The van der Waals surface area contributed by atoms with Crippen molar-refractivity contribution in [2.45, 2.75) is 31.4 Å². The smallest absolute Gasteiger partial charge is 0.330 e. The number of hydrogen-bond donors (Lipinski definition) is 1. The second-order valence-corrected chi connectivity index (χ2v) is 4.20. The van der Waals surface area contributed by atoms with E-state index in [0.29, 0.717) is 5.56 Å². The van der Waals surface area contributed by atoms with Crippen molar-refractivity contribution in [3.05, 3.63) is 35.6 Å². The molecule has 0 fully saturated rings. The molecule has 2 unspecified atom stereocenters. The van der Waals surface area contributed by atoms with Crippen LogP contribution in [0.2, 0.25) is 0 Å². The fourth-order valence-electron chi connectivity index (χ4n) is 1.47. The minimum Gasteiger partial charge on any atom is -0.365 e. The Morgan fingerprint density at radius 3 is 2.16 bits per heavy atom. The molecule has 2 atom stereocenters. The number of hydrogen-bond acceptors (Lipinski definition) is 2. The molecule has 0 aliphatic rings. The largest absolute Gasteiger partial charge is 0.365 e. The Labute approximate surface area is 107 Å². The zero-order valence-electron chi connectivity index (χ0n) is 10.1. The molecule has 19 heavy (non-hydrogen) atoms. The van der Waals surface area contributed by atoms with Crippen molar-refractivity contribution in [3.8, 4) is 0 Å². The minimum atomic E-state index is -4.24. The number of rotatable bonds is 6. The van der Waals surface area contributed by atoms with Crippen LogP contribution in [-0.4, -0.2) is 25.0 Å². The van der Waals surface area contributed by atoms with Crippen LogP contribution in [0, 0.1) is 5.82 Å². The predicted molar refractivity (Wildman–Crippen MR) is 59.7 cm³/mol. The lowest BCUT2D eigenvalue weighted by molar-refractivity contribution is -0.178. The zero-order chi connectivity index (χ0) is 14.6. The summed E-state index contributed by atoms with van der Waals surface area (Å²) in [5.41, 5.74) is 5.91. The lowest BCUT2D eigenvalue weighted by atomic mass is 10.0. The summed E-state index contributed by atoms with van der Waals surface area (Å²) in [5.74, 6) is -4.75. The molecule has 2 N–H and O–H groups in total. The first-order valence-corrected chi connectivity index (χ1v) is 5.52. The third-order valence-electron chi connectivity index (χ3n) is 2.45. The van der Waals surface area contributed by atoms with Gasteiger partial charge in [0, 0.05) is 6.04 Å². The van der Waals surface area contributed by atoms with Crippen molar-refractivity contribution >= 4 is 0 Å². The number of alkyl halides is 4. The molecule has 1 aromatic carbocycles. The van der Waals surface area contributed by atoms with Gasteiger partial charge >= 0.3 is 12.3 Å². The molecule has 0 aliphatic heterocycles. The molecule has 0 saturated carbocycles. The van der Waals surface area contributed by atoms with Gasteiger partial charge in [-0.15, -0.1) is 0 Å². The Balaban J connectivity index is 2.77. The van der Waals surface area contributed by atoms with E-state index in [1.807, 2.05) is 0 Å². The van der Waals surface area contributed by atoms with Crippen molar-refractivity contribution in [2.24, 2.45) is 5.73 Å². The Morgan fingerprint density at radius 1 is 1.21 bits per heavy atom. The molecule has 108 valence electrons. The molecule has 0 radical (unpaired) electrons. The molecule has 2 nitrogen and oxygen atoms in total. The van der Waals surface area contributed by atoms with Gasteiger partial charge in [-0.2, -0.15) is 8.78 Å². The van der Waals surface area contributed by atoms with Crippen LogP contribution in [0.15, 0.2) is 24.3 Å². The number of nitrogens with two attached hydrogens (primary N) is 1. The summed E-state index contributed by atoms with van der Waals surface area (Å²) >= 11 is 0. The van der Waals surface area contributed by atoms with Crippen LogP contribution in [0.4, 0.5) is 22.0 Å². The van der Waals surface area contributed by atoms with E-state index in [1.165, 1.54) is 19.1 Å². The highest BCUT2D eigenvalue weighted by Gasteiger charge is 2.42. The Bertz CT molecular complexity index is 394. The molecular formula is C12H14F5NO. The molecule has 7 heteroatoms. The maximum absolute atomic E-state index is 12.8. The van der Waals surface area contributed by atoms with E-state index in [4.69, 9.17) is 10.5 Å². The molecule has 0 aliphatic carbocycles. The second kappa shape index (κ2) is 6.29. The lowest BCUT2D eigenvalue weighted by Gasteiger charge is -2.24. The Kier molecular flexibility index (Phi) is 5.25. The van der Waals surface area contributed by atoms with Gasteiger partial charge in [-0.3, -0.25) is 0 Å². The fraction of sp³-hybridized carbons (Fsp3) is 0.500. The molecule has 1 rings (SSSR count). The SMILES string of the molecule is CC(N)C(OCC(F)(F)C(F)F)c1ccc(F)cc1. The third-order valence-corrected chi connectivity index (χ3v) is 2.45. The number of halogens is 5. The van der Waals surface area contributed by atoms with Crippen molar-refractivity contribution in [1.29, 1.82) is 0 Å². The van der Waals surface area contributed by atoms with Crippen LogP contribution in [0.25, 0.3) is 0 Å². The maximum Gasteiger partial charge on any atom is 0.330 e. The average Bonchev–Trinajstić information content (AvgIpc) is 2.31. The fourth-order valence-corrected chi connectivity index (χ4v) is 1.47. The van der Waals surface area contributed by atoms with Gasteiger partial charge in [-0.1, -0.05) is 12.1 Å². The van der Waals surface area contributed by atoms with Gasteiger partial charge in [0.1, 0.15) is 12.4 Å². The van der Waals surface area contributed by atoms with Crippen molar-refractivity contribution < 1.29 is 26.7 Å². The highest BCUT2D eigenvalue weighted by atomic mass is 19.3. The van der Waals surface area contributed by atoms with E-state index in [2.05, 4.69) is 0 Å². The third kappa shape index (κ3) is 4.43.